The Hall–Kier alpha value is -2.19. The minimum atomic E-state index is -0.888. The molecule has 1 fully saturated rings. The van der Waals surface area contributed by atoms with Crippen molar-refractivity contribution in [2.45, 2.75) is 31.7 Å². The van der Waals surface area contributed by atoms with Crippen molar-refractivity contribution in [2.24, 2.45) is 4.99 Å². The first-order valence-electron chi connectivity index (χ1n) is 10.9. The van der Waals surface area contributed by atoms with Crippen LogP contribution < -0.4 is 4.74 Å². The number of hydrogen-bond donors (Lipinski definition) is 0. The lowest BCUT2D eigenvalue weighted by Gasteiger charge is -2.37. The van der Waals surface area contributed by atoms with Gasteiger partial charge in [-0.15, -0.1) is 0 Å². The van der Waals surface area contributed by atoms with E-state index in [2.05, 4.69) is 21.8 Å². The van der Waals surface area contributed by atoms with E-state index in [9.17, 15) is 13.2 Å². The maximum absolute atomic E-state index is 13.5. The maximum Gasteiger partial charge on any atom is 0.164 e. The van der Waals surface area contributed by atoms with Gasteiger partial charge in [0.1, 0.15) is 11.6 Å². The largest absolute Gasteiger partial charge is 0.493 e. The Bertz CT molecular complexity index is 904. The lowest BCUT2D eigenvalue weighted by Crippen LogP contribution is -2.45. The minimum absolute atomic E-state index is 0.280. The van der Waals surface area contributed by atoms with Gasteiger partial charge < -0.3 is 14.5 Å². The Balaban J connectivity index is 1.38. The van der Waals surface area contributed by atoms with Crippen LogP contribution in [0.5, 0.6) is 5.75 Å². The van der Waals surface area contributed by atoms with Crippen molar-refractivity contribution >= 4 is 22.6 Å². The van der Waals surface area contributed by atoms with Crippen LogP contribution in [0, 0.1) is 17.5 Å². The van der Waals surface area contributed by atoms with Crippen molar-refractivity contribution in [3.8, 4) is 5.75 Å². The summed E-state index contributed by atoms with van der Waals surface area (Å²) in [7, 11) is 2.06. The molecule has 0 spiro atoms. The molecule has 0 radical (unpaired) electrons. The molecule has 0 saturated carbocycles. The van der Waals surface area contributed by atoms with Gasteiger partial charge >= 0.3 is 0 Å². The molecule has 2 aromatic rings. The molecule has 0 atom stereocenters. The van der Waals surface area contributed by atoms with Gasteiger partial charge in [-0.2, -0.15) is 0 Å². The summed E-state index contributed by atoms with van der Waals surface area (Å²) >= 11 is 1.57. The molecule has 174 valence electrons. The zero-order valence-corrected chi connectivity index (χ0v) is 19.4. The maximum atomic E-state index is 13.5. The van der Waals surface area contributed by atoms with E-state index < -0.39 is 11.6 Å². The molecule has 0 bridgehead atoms. The number of thioether (sulfide) groups is 1. The Morgan fingerprint density at radius 2 is 1.88 bits per heavy atom. The molecular formula is C24H30F3N3OS. The van der Waals surface area contributed by atoms with Crippen LogP contribution in [0.15, 0.2) is 47.5 Å². The van der Waals surface area contributed by atoms with Crippen molar-refractivity contribution in [3.63, 3.8) is 0 Å². The van der Waals surface area contributed by atoms with Gasteiger partial charge in [-0.25, -0.2) is 18.2 Å². The third-order valence-electron chi connectivity index (χ3n) is 5.65. The normalized spacial score (nSPS) is 15.7. The average Bonchev–Trinajstić information content (AvgIpc) is 2.79. The minimum Gasteiger partial charge on any atom is -0.493 e. The van der Waals surface area contributed by atoms with Crippen LogP contribution in [-0.2, 0) is 0 Å². The molecular weight excluding hydrogens is 435 g/mol. The number of piperidine rings is 1. The summed E-state index contributed by atoms with van der Waals surface area (Å²) in [5.74, 6) is -1.67. The SMILES string of the molecule is CSC(=Nc1cccc(F)c1)N(C)C1CCN(CCCCOc2ccc(F)c(F)c2)CC1. The first kappa shape index (κ1) is 24.5. The lowest BCUT2D eigenvalue weighted by molar-refractivity contribution is 0.162. The van der Waals surface area contributed by atoms with Crippen LogP contribution in [-0.4, -0.2) is 60.6 Å². The van der Waals surface area contributed by atoms with E-state index >= 15 is 0 Å². The molecule has 1 aliphatic rings. The smallest absolute Gasteiger partial charge is 0.164 e. The van der Waals surface area contributed by atoms with Crippen molar-refractivity contribution < 1.29 is 17.9 Å². The predicted octanol–water partition coefficient (Wildman–Crippen LogP) is 5.71. The number of hydrogen-bond acceptors (Lipinski definition) is 4. The van der Waals surface area contributed by atoms with Crippen molar-refractivity contribution in [1.82, 2.24) is 9.80 Å². The molecule has 3 rings (SSSR count). The highest BCUT2D eigenvalue weighted by Crippen LogP contribution is 2.22. The van der Waals surface area contributed by atoms with E-state index in [1.54, 1.807) is 17.8 Å². The molecule has 1 saturated heterocycles. The fourth-order valence-corrected chi connectivity index (χ4v) is 4.44. The second-order valence-electron chi connectivity index (χ2n) is 7.89. The van der Waals surface area contributed by atoms with E-state index in [4.69, 9.17) is 4.74 Å². The number of unbranched alkanes of at least 4 members (excludes halogenated alkanes) is 1. The topological polar surface area (TPSA) is 28.1 Å². The second-order valence-corrected chi connectivity index (χ2v) is 8.67. The van der Waals surface area contributed by atoms with Crippen LogP contribution >= 0.6 is 11.8 Å². The molecule has 0 N–H and O–H groups in total. The van der Waals surface area contributed by atoms with E-state index in [1.165, 1.54) is 18.2 Å². The van der Waals surface area contributed by atoms with E-state index in [0.29, 0.717) is 24.1 Å². The number of likely N-dealkylation sites (tertiary alicyclic amines) is 1. The van der Waals surface area contributed by atoms with Gasteiger partial charge in [0.2, 0.25) is 0 Å². The van der Waals surface area contributed by atoms with E-state index in [-0.39, 0.29) is 5.82 Å². The van der Waals surface area contributed by atoms with Gasteiger partial charge in [0.15, 0.2) is 16.8 Å². The zero-order chi connectivity index (χ0) is 22.9. The fraction of sp³-hybridized carbons (Fsp3) is 0.458. The third-order valence-corrected chi connectivity index (χ3v) is 6.39. The molecule has 0 amide bonds. The number of nitrogens with zero attached hydrogens (tertiary/aromatic N) is 3. The standard InChI is InChI=1S/C24H30F3N3OS/c1-29(24(32-2)28-19-7-5-6-18(25)16-19)20-10-13-30(14-11-20)12-3-4-15-31-21-8-9-22(26)23(27)17-21/h5-9,16-17,20H,3-4,10-15H2,1-2H3. The molecule has 1 heterocycles. The molecule has 0 aliphatic carbocycles. The van der Waals surface area contributed by atoms with E-state index in [0.717, 1.165) is 62.6 Å². The number of halogens is 3. The van der Waals surface area contributed by atoms with Gasteiger partial charge in [-0.3, -0.25) is 0 Å². The van der Waals surface area contributed by atoms with Crippen LogP contribution in [0.2, 0.25) is 0 Å². The highest BCUT2D eigenvalue weighted by molar-refractivity contribution is 8.13. The summed E-state index contributed by atoms with van der Waals surface area (Å²) in [4.78, 5) is 9.29. The van der Waals surface area contributed by atoms with Gasteiger partial charge in [0.25, 0.3) is 0 Å². The first-order valence-corrected chi connectivity index (χ1v) is 12.1. The van der Waals surface area contributed by atoms with Crippen molar-refractivity contribution in [2.75, 3.05) is 39.5 Å². The molecule has 32 heavy (non-hydrogen) atoms. The summed E-state index contributed by atoms with van der Waals surface area (Å²) in [5, 5.41) is 0.892. The number of ether oxygens (including phenoxy) is 1. The predicted molar refractivity (Wildman–Crippen MR) is 125 cm³/mol. The Morgan fingerprint density at radius 1 is 1.09 bits per heavy atom. The molecule has 0 unspecified atom stereocenters. The third kappa shape index (κ3) is 7.17. The van der Waals surface area contributed by atoms with Gasteiger partial charge in [-0.1, -0.05) is 17.8 Å². The van der Waals surface area contributed by atoms with Gasteiger partial charge in [0, 0.05) is 32.2 Å². The molecule has 8 heteroatoms. The molecule has 0 aromatic heterocycles. The Morgan fingerprint density at radius 3 is 2.56 bits per heavy atom. The van der Waals surface area contributed by atoms with Gasteiger partial charge in [-0.05, 0) is 68.8 Å². The average molecular weight is 466 g/mol. The Kier molecular flexibility index (Phi) is 9.29. The number of aliphatic imine (C=N–C) groups is 1. The summed E-state index contributed by atoms with van der Waals surface area (Å²) in [6, 6.07) is 10.4. The van der Waals surface area contributed by atoms with Crippen LogP contribution in [0.4, 0.5) is 18.9 Å². The first-order chi connectivity index (χ1) is 15.5. The van der Waals surface area contributed by atoms with Crippen molar-refractivity contribution in [3.05, 3.63) is 59.9 Å². The molecule has 2 aromatic carbocycles. The molecule has 1 aliphatic heterocycles. The summed E-state index contributed by atoms with van der Waals surface area (Å²) in [5.41, 5.74) is 0.629. The van der Waals surface area contributed by atoms with Crippen LogP contribution in [0.1, 0.15) is 25.7 Å². The van der Waals surface area contributed by atoms with Gasteiger partial charge in [0.05, 0.1) is 12.3 Å². The second kappa shape index (κ2) is 12.2. The highest BCUT2D eigenvalue weighted by atomic mass is 32.2. The number of rotatable bonds is 8. The van der Waals surface area contributed by atoms with E-state index in [1.807, 2.05) is 12.3 Å². The van der Waals surface area contributed by atoms with Crippen LogP contribution in [0.3, 0.4) is 0 Å². The monoisotopic (exact) mass is 465 g/mol. The summed E-state index contributed by atoms with van der Waals surface area (Å²) in [6.45, 7) is 3.50. The fourth-order valence-electron chi connectivity index (χ4n) is 3.81. The molecule has 4 nitrogen and oxygen atoms in total. The summed E-state index contributed by atoms with van der Waals surface area (Å²) < 4.78 is 45.1. The summed E-state index contributed by atoms with van der Waals surface area (Å²) in [6.07, 6.45) is 5.93. The number of benzene rings is 2. The Labute approximate surface area is 192 Å². The van der Waals surface area contributed by atoms with Crippen LogP contribution in [0.25, 0.3) is 0 Å². The zero-order valence-electron chi connectivity index (χ0n) is 18.6. The number of amidine groups is 1. The lowest BCUT2D eigenvalue weighted by atomic mass is 10.0. The quantitative estimate of drug-likeness (QED) is 0.284. The highest BCUT2D eigenvalue weighted by Gasteiger charge is 2.24. The van der Waals surface area contributed by atoms with Crippen molar-refractivity contribution in [1.29, 1.82) is 0 Å².